The Morgan fingerprint density at radius 1 is 1.32 bits per heavy atom. The SMILES string of the molecule is CCc1nc(S[C@H](C)c2nc3sc(C)c(C)c3c(=O)[nH]2)n[nH]1. The van der Waals surface area contributed by atoms with Gasteiger partial charge in [-0.25, -0.2) is 9.97 Å². The van der Waals surface area contributed by atoms with Crippen molar-refractivity contribution in [3.8, 4) is 0 Å². The van der Waals surface area contributed by atoms with Crippen molar-refractivity contribution in [3.05, 3.63) is 32.4 Å². The summed E-state index contributed by atoms with van der Waals surface area (Å²) in [5, 5.41) is 8.40. The molecule has 0 spiro atoms. The number of thiophene rings is 1. The summed E-state index contributed by atoms with van der Waals surface area (Å²) in [6, 6.07) is 0. The van der Waals surface area contributed by atoms with Crippen molar-refractivity contribution in [2.75, 3.05) is 0 Å². The van der Waals surface area contributed by atoms with E-state index in [1.54, 1.807) is 11.3 Å². The first kappa shape index (κ1) is 15.2. The van der Waals surface area contributed by atoms with E-state index in [-0.39, 0.29) is 10.8 Å². The molecule has 3 aromatic heterocycles. The van der Waals surface area contributed by atoms with Crippen LogP contribution in [-0.4, -0.2) is 25.1 Å². The van der Waals surface area contributed by atoms with Crippen LogP contribution in [0.25, 0.3) is 10.2 Å². The topological polar surface area (TPSA) is 87.3 Å². The Balaban J connectivity index is 1.93. The molecular weight excluding hydrogens is 318 g/mol. The number of hydrogen-bond donors (Lipinski definition) is 2. The van der Waals surface area contributed by atoms with Crippen LogP contribution in [0.3, 0.4) is 0 Å². The van der Waals surface area contributed by atoms with Gasteiger partial charge in [0.1, 0.15) is 16.5 Å². The second-order valence-electron chi connectivity index (χ2n) is 5.09. The first-order valence-electron chi connectivity index (χ1n) is 7.07. The number of fused-ring (bicyclic) bond motifs is 1. The summed E-state index contributed by atoms with van der Waals surface area (Å²) in [6.45, 7) is 7.98. The standard InChI is InChI=1S/C14H17N5OS2/c1-5-9-15-14(19-18-9)22-8(4)11-16-12(20)10-6(2)7(3)21-13(10)17-11/h8H,5H2,1-4H3,(H,15,18,19)(H,16,17,20)/t8-/m1/s1. The lowest BCUT2D eigenvalue weighted by Gasteiger charge is -2.07. The Labute approximate surface area is 135 Å². The van der Waals surface area contributed by atoms with Gasteiger partial charge in [0.2, 0.25) is 5.16 Å². The van der Waals surface area contributed by atoms with E-state index in [1.165, 1.54) is 11.8 Å². The van der Waals surface area contributed by atoms with Gasteiger partial charge >= 0.3 is 0 Å². The summed E-state index contributed by atoms with van der Waals surface area (Å²) in [6.07, 6.45) is 0.816. The van der Waals surface area contributed by atoms with Gasteiger partial charge in [0.15, 0.2) is 0 Å². The molecule has 6 nitrogen and oxygen atoms in total. The van der Waals surface area contributed by atoms with Crippen molar-refractivity contribution in [1.82, 2.24) is 25.1 Å². The van der Waals surface area contributed by atoms with Crippen molar-refractivity contribution in [2.45, 2.75) is 44.5 Å². The van der Waals surface area contributed by atoms with Crippen LogP contribution in [0.15, 0.2) is 9.95 Å². The highest BCUT2D eigenvalue weighted by Crippen LogP contribution is 2.32. The van der Waals surface area contributed by atoms with E-state index in [4.69, 9.17) is 0 Å². The van der Waals surface area contributed by atoms with Gasteiger partial charge in [-0.3, -0.25) is 9.89 Å². The highest BCUT2D eigenvalue weighted by molar-refractivity contribution is 7.99. The zero-order valence-electron chi connectivity index (χ0n) is 12.9. The van der Waals surface area contributed by atoms with Crippen LogP contribution in [0.2, 0.25) is 0 Å². The highest BCUT2D eigenvalue weighted by atomic mass is 32.2. The van der Waals surface area contributed by atoms with Crippen LogP contribution < -0.4 is 5.56 Å². The van der Waals surface area contributed by atoms with E-state index < -0.39 is 0 Å². The van der Waals surface area contributed by atoms with E-state index in [0.29, 0.717) is 16.4 Å². The molecule has 0 aliphatic heterocycles. The lowest BCUT2D eigenvalue weighted by Crippen LogP contribution is -2.12. The number of aromatic amines is 2. The molecule has 0 amide bonds. The first-order chi connectivity index (χ1) is 10.5. The maximum absolute atomic E-state index is 12.3. The van der Waals surface area contributed by atoms with Gasteiger partial charge in [-0.05, 0) is 26.3 Å². The van der Waals surface area contributed by atoms with Crippen LogP contribution in [0.5, 0.6) is 0 Å². The van der Waals surface area contributed by atoms with Gasteiger partial charge < -0.3 is 4.98 Å². The molecule has 0 aromatic carbocycles. The van der Waals surface area contributed by atoms with Gasteiger partial charge in [0.25, 0.3) is 5.56 Å². The molecule has 3 aromatic rings. The molecule has 1 atom stereocenters. The van der Waals surface area contributed by atoms with E-state index in [9.17, 15) is 4.79 Å². The van der Waals surface area contributed by atoms with Crippen LogP contribution in [0.4, 0.5) is 0 Å². The predicted octanol–water partition coefficient (Wildman–Crippen LogP) is 3.14. The van der Waals surface area contributed by atoms with Gasteiger partial charge in [-0.15, -0.1) is 16.4 Å². The van der Waals surface area contributed by atoms with Gasteiger partial charge in [0.05, 0.1) is 10.6 Å². The Kier molecular flexibility index (Phi) is 4.05. The largest absolute Gasteiger partial charge is 0.309 e. The maximum atomic E-state index is 12.3. The Hall–Kier alpha value is -1.67. The fourth-order valence-corrected chi connectivity index (χ4v) is 4.00. The van der Waals surface area contributed by atoms with Crippen molar-refractivity contribution >= 4 is 33.3 Å². The molecular formula is C14H17N5OS2. The molecule has 116 valence electrons. The number of hydrogen-bond acceptors (Lipinski definition) is 6. The Morgan fingerprint density at radius 3 is 2.77 bits per heavy atom. The number of nitrogens with one attached hydrogen (secondary N) is 2. The fraction of sp³-hybridized carbons (Fsp3) is 0.429. The molecule has 0 saturated heterocycles. The molecule has 3 rings (SSSR count). The van der Waals surface area contributed by atoms with E-state index in [2.05, 4.69) is 25.1 Å². The second kappa shape index (κ2) is 5.85. The normalized spacial score (nSPS) is 12.9. The van der Waals surface area contributed by atoms with Crippen molar-refractivity contribution < 1.29 is 0 Å². The van der Waals surface area contributed by atoms with Gasteiger partial charge in [-0.2, -0.15) is 0 Å². The third-order valence-corrected chi connectivity index (χ3v) is 5.64. The lowest BCUT2D eigenvalue weighted by molar-refractivity contribution is 0.906. The Bertz CT molecular complexity index is 879. The maximum Gasteiger partial charge on any atom is 0.259 e. The number of nitrogens with zero attached hydrogens (tertiary/aromatic N) is 3. The molecule has 22 heavy (non-hydrogen) atoms. The fourth-order valence-electron chi connectivity index (χ4n) is 2.17. The lowest BCUT2D eigenvalue weighted by atomic mass is 10.2. The first-order valence-corrected chi connectivity index (χ1v) is 8.77. The monoisotopic (exact) mass is 335 g/mol. The number of aromatic nitrogens is 5. The minimum atomic E-state index is -0.0708. The molecule has 0 radical (unpaired) electrons. The van der Waals surface area contributed by atoms with Crippen LogP contribution in [0, 0.1) is 13.8 Å². The highest BCUT2D eigenvalue weighted by Gasteiger charge is 2.17. The molecule has 0 aliphatic rings. The molecule has 3 heterocycles. The molecule has 0 aliphatic carbocycles. The van der Waals surface area contributed by atoms with E-state index in [0.717, 1.165) is 27.5 Å². The van der Waals surface area contributed by atoms with Crippen molar-refractivity contribution in [1.29, 1.82) is 0 Å². The quantitative estimate of drug-likeness (QED) is 0.715. The third-order valence-electron chi connectivity index (χ3n) is 3.57. The van der Waals surface area contributed by atoms with E-state index >= 15 is 0 Å². The number of aryl methyl sites for hydroxylation is 3. The Morgan fingerprint density at radius 2 is 2.09 bits per heavy atom. The number of H-pyrrole nitrogens is 2. The molecule has 8 heteroatoms. The summed E-state index contributed by atoms with van der Waals surface area (Å²) in [5.41, 5.74) is 0.945. The summed E-state index contributed by atoms with van der Waals surface area (Å²) < 4.78 is 0. The van der Waals surface area contributed by atoms with Crippen molar-refractivity contribution in [3.63, 3.8) is 0 Å². The van der Waals surface area contributed by atoms with Crippen LogP contribution in [-0.2, 0) is 6.42 Å². The molecule has 0 unspecified atom stereocenters. The average Bonchev–Trinajstić information content (AvgIpc) is 3.04. The van der Waals surface area contributed by atoms with E-state index in [1.807, 2.05) is 27.7 Å². The smallest absolute Gasteiger partial charge is 0.259 e. The average molecular weight is 335 g/mol. The summed E-state index contributed by atoms with van der Waals surface area (Å²) >= 11 is 3.04. The van der Waals surface area contributed by atoms with Crippen LogP contribution in [0.1, 0.15) is 41.2 Å². The zero-order valence-corrected chi connectivity index (χ0v) is 14.5. The van der Waals surface area contributed by atoms with Crippen LogP contribution >= 0.6 is 23.1 Å². The number of rotatable bonds is 4. The minimum absolute atomic E-state index is 0.0275. The third kappa shape index (κ3) is 2.68. The zero-order chi connectivity index (χ0) is 15.9. The molecule has 0 fully saturated rings. The summed E-state index contributed by atoms with van der Waals surface area (Å²) in [5.74, 6) is 1.52. The molecule has 0 bridgehead atoms. The van der Waals surface area contributed by atoms with Crippen molar-refractivity contribution in [2.24, 2.45) is 0 Å². The summed E-state index contributed by atoms with van der Waals surface area (Å²) in [4.78, 5) is 26.1. The van der Waals surface area contributed by atoms with Gasteiger partial charge in [0, 0.05) is 11.3 Å². The second-order valence-corrected chi connectivity index (χ2v) is 7.60. The minimum Gasteiger partial charge on any atom is -0.309 e. The number of thioether (sulfide) groups is 1. The molecule has 0 saturated carbocycles. The summed E-state index contributed by atoms with van der Waals surface area (Å²) in [7, 11) is 0. The molecule has 2 N–H and O–H groups in total. The van der Waals surface area contributed by atoms with Gasteiger partial charge in [-0.1, -0.05) is 18.7 Å². The predicted molar refractivity (Wildman–Crippen MR) is 89.7 cm³/mol.